The molecule has 0 bridgehead atoms. The number of fused-ring (bicyclic) bond motifs is 2. The summed E-state index contributed by atoms with van der Waals surface area (Å²) in [7, 11) is 0. The molecule has 3 aliphatic rings. The molecule has 3 rings (SSSR count). The lowest BCUT2D eigenvalue weighted by Crippen LogP contribution is -2.30. The number of hydrogen-bond donors (Lipinski definition) is 0. The molecule has 2 atom stereocenters. The Bertz CT molecular complexity index is 666. The lowest BCUT2D eigenvalue weighted by atomic mass is 9.90. The summed E-state index contributed by atoms with van der Waals surface area (Å²) < 4.78 is 8.73. The molecule has 1 heterocycles. The molecular weight excluding hydrogens is 296 g/mol. The third-order valence-corrected chi connectivity index (χ3v) is 5.08. The molecule has 2 aliphatic carbocycles. The molecule has 0 unspecified atom stereocenters. The first kappa shape index (κ1) is 16.8. The van der Waals surface area contributed by atoms with Crippen LogP contribution < -0.4 is 0 Å². The van der Waals surface area contributed by atoms with Gasteiger partial charge in [-0.3, -0.25) is 0 Å². The van der Waals surface area contributed by atoms with Crippen molar-refractivity contribution in [3.8, 4) is 0 Å². The molecule has 3 heteroatoms. The first-order valence-corrected chi connectivity index (χ1v) is 9.25. The SMILES string of the molecule is CCN(CC)C1=C[C@H]2OC3=CC(=[N+](CC)CC)C=C[C@H]3C=C2C=C1. The van der Waals surface area contributed by atoms with Gasteiger partial charge in [-0.1, -0.05) is 18.2 Å². The van der Waals surface area contributed by atoms with E-state index in [1.54, 1.807) is 0 Å². The second-order valence-electron chi connectivity index (χ2n) is 6.33. The highest BCUT2D eigenvalue weighted by molar-refractivity contribution is 6.01. The van der Waals surface area contributed by atoms with Gasteiger partial charge in [0.15, 0.2) is 0 Å². The quantitative estimate of drug-likeness (QED) is 0.717. The van der Waals surface area contributed by atoms with Crippen molar-refractivity contribution in [2.75, 3.05) is 26.2 Å². The number of ether oxygens (including phenoxy) is 1. The Labute approximate surface area is 146 Å². The smallest absolute Gasteiger partial charge is 0.202 e. The van der Waals surface area contributed by atoms with Gasteiger partial charge in [0.1, 0.15) is 25.0 Å². The van der Waals surface area contributed by atoms with E-state index >= 15 is 0 Å². The Hall–Kier alpha value is -2.03. The first-order chi connectivity index (χ1) is 11.7. The third kappa shape index (κ3) is 3.12. The fourth-order valence-corrected chi connectivity index (χ4v) is 3.61. The van der Waals surface area contributed by atoms with Crippen LogP contribution in [0.3, 0.4) is 0 Å². The summed E-state index contributed by atoms with van der Waals surface area (Å²) in [5.74, 6) is 1.34. The van der Waals surface area contributed by atoms with Gasteiger partial charge in [-0.2, -0.15) is 0 Å². The summed E-state index contributed by atoms with van der Waals surface area (Å²) in [4.78, 5) is 2.37. The normalized spacial score (nSPS) is 24.3. The van der Waals surface area contributed by atoms with Gasteiger partial charge in [-0.05, 0) is 45.4 Å². The number of allylic oxidation sites excluding steroid dienone is 4. The predicted molar refractivity (Wildman–Crippen MR) is 100 cm³/mol. The Kier molecular flexibility index (Phi) is 5.08. The molecule has 0 aromatic rings. The fraction of sp³-hybridized carbons (Fsp3) is 0.476. The molecule has 0 fully saturated rings. The fourth-order valence-electron chi connectivity index (χ4n) is 3.61. The lowest BCUT2D eigenvalue weighted by molar-refractivity contribution is -0.519. The zero-order chi connectivity index (χ0) is 17.1. The number of nitrogens with zero attached hydrogens (tertiary/aromatic N) is 2. The molecule has 3 nitrogen and oxygen atoms in total. The number of hydrogen-bond acceptors (Lipinski definition) is 2. The monoisotopic (exact) mass is 325 g/mol. The van der Waals surface area contributed by atoms with Crippen LogP contribution in [0.4, 0.5) is 0 Å². The van der Waals surface area contributed by atoms with Gasteiger partial charge in [0.2, 0.25) is 5.71 Å². The van der Waals surface area contributed by atoms with Gasteiger partial charge in [-0.15, -0.1) is 0 Å². The summed E-state index contributed by atoms with van der Waals surface area (Å²) in [5, 5.41) is 0. The Morgan fingerprint density at radius 1 is 1.00 bits per heavy atom. The van der Waals surface area contributed by atoms with Crippen LogP contribution in [-0.4, -0.2) is 47.5 Å². The average Bonchev–Trinajstić information content (AvgIpc) is 2.62. The molecule has 0 saturated heterocycles. The molecule has 24 heavy (non-hydrogen) atoms. The van der Waals surface area contributed by atoms with Crippen LogP contribution >= 0.6 is 0 Å². The molecule has 0 radical (unpaired) electrons. The summed E-state index contributed by atoms with van der Waals surface area (Å²) in [5.41, 5.74) is 3.78. The minimum atomic E-state index is 0.0394. The molecular formula is C21H29N2O+. The van der Waals surface area contributed by atoms with Gasteiger partial charge in [0, 0.05) is 30.9 Å². The van der Waals surface area contributed by atoms with E-state index in [9.17, 15) is 0 Å². The molecule has 0 saturated carbocycles. The van der Waals surface area contributed by atoms with Crippen LogP contribution in [0, 0.1) is 5.92 Å². The van der Waals surface area contributed by atoms with Crippen molar-refractivity contribution in [2.45, 2.75) is 33.8 Å². The van der Waals surface area contributed by atoms with E-state index in [1.165, 1.54) is 17.0 Å². The first-order valence-electron chi connectivity index (χ1n) is 9.25. The topological polar surface area (TPSA) is 15.5 Å². The summed E-state index contributed by atoms with van der Waals surface area (Å²) in [6.07, 6.45) is 15.8. The van der Waals surface area contributed by atoms with E-state index in [1.807, 2.05) is 0 Å². The number of likely N-dealkylation sites (N-methyl/N-ethyl adjacent to an activating group) is 1. The Morgan fingerprint density at radius 3 is 2.42 bits per heavy atom. The zero-order valence-electron chi connectivity index (χ0n) is 15.3. The van der Waals surface area contributed by atoms with E-state index < -0.39 is 0 Å². The molecule has 1 aliphatic heterocycles. The highest BCUT2D eigenvalue weighted by Crippen LogP contribution is 2.34. The van der Waals surface area contributed by atoms with Crippen LogP contribution in [0.15, 0.2) is 59.6 Å². The van der Waals surface area contributed by atoms with E-state index in [-0.39, 0.29) is 12.0 Å². The van der Waals surface area contributed by atoms with Crippen molar-refractivity contribution in [3.05, 3.63) is 59.6 Å². The van der Waals surface area contributed by atoms with E-state index in [4.69, 9.17) is 4.74 Å². The molecule has 0 N–H and O–H groups in total. The molecule has 0 amide bonds. The van der Waals surface area contributed by atoms with Crippen LogP contribution in [0.5, 0.6) is 0 Å². The maximum Gasteiger partial charge on any atom is 0.202 e. The van der Waals surface area contributed by atoms with E-state index in [2.05, 4.69) is 79.7 Å². The Balaban J connectivity index is 1.89. The molecule has 0 spiro atoms. The predicted octanol–water partition coefficient (Wildman–Crippen LogP) is 3.67. The largest absolute Gasteiger partial charge is 0.485 e. The summed E-state index contributed by atoms with van der Waals surface area (Å²) in [6.45, 7) is 12.9. The maximum absolute atomic E-state index is 6.37. The van der Waals surface area contributed by atoms with Crippen molar-refractivity contribution in [1.82, 2.24) is 4.90 Å². The van der Waals surface area contributed by atoms with Crippen molar-refractivity contribution in [1.29, 1.82) is 0 Å². The van der Waals surface area contributed by atoms with Crippen LogP contribution in [-0.2, 0) is 4.74 Å². The minimum absolute atomic E-state index is 0.0394. The molecule has 0 aromatic carbocycles. The third-order valence-electron chi connectivity index (χ3n) is 5.08. The summed E-state index contributed by atoms with van der Waals surface area (Å²) >= 11 is 0. The van der Waals surface area contributed by atoms with Gasteiger partial charge < -0.3 is 9.64 Å². The number of rotatable bonds is 5. The van der Waals surface area contributed by atoms with Gasteiger partial charge in [-0.25, -0.2) is 4.58 Å². The van der Waals surface area contributed by atoms with Crippen molar-refractivity contribution >= 4 is 5.71 Å². The van der Waals surface area contributed by atoms with E-state index in [0.717, 1.165) is 31.9 Å². The van der Waals surface area contributed by atoms with Crippen LogP contribution in [0.2, 0.25) is 0 Å². The van der Waals surface area contributed by atoms with Gasteiger partial charge in [0.05, 0.1) is 5.92 Å². The standard InChI is InChI=1S/C21H29N2O/c1-5-22(6-2)18-11-9-16-13-17-10-12-19(23(7-3)8-4)15-21(17)24-20(16)14-18/h9-16,21H,5-8H2,1-4H3/q+1/t16-,21+/m0/s1. The maximum atomic E-state index is 6.37. The van der Waals surface area contributed by atoms with Crippen molar-refractivity contribution in [3.63, 3.8) is 0 Å². The highest BCUT2D eigenvalue weighted by atomic mass is 16.5. The van der Waals surface area contributed by atoms with E-state index in [0.29, 0.717) is 0 Å². The summed E-state index contributed by atoms with van der Waals surface area (Å²) in [6, 6.07) is 0. The van der Waals surface area contributed by atoms with Crippen molar-refractivity contribution < 1.29 is 9.31 Å². The molecule has 0 aromatic heterocycles. The van der Waals surface area contributed by atoms with Crippen molar-refractivity contribution in [2.24, 2.45) is 5.92 Å². The lowest BCUT2D eigenvalue weighted by Gasteiger charge is -2.33. The Morgan fingerprint density at radius 2 is 1.75 bits per heavy atom. The highest BCUT2D eigenvalue weighted by Gasteiger charge is 2.30. The van der Waals surface area contributed by atoms with Crippen LogP contribution in [0.1, 0.15) is 27.7 Å². The zero-order valence-corrected chi connectivity index (χ0v) is 15.3. The van der Waals surface area contributed by atoms with Gasteiger partial charge >= 0.3 is 0 Å². The second-order valence-corrected chi connectivity index (χ2v) is 6.33. The minimum Gasteiger partial charge on any atom is -0.485 e. The van der Waals surface area contributed by atoms with Gasteiger partial charge in [0.25, 0.3) is 0 Å². The van der Waals surface area contributed by atoms with Crippen LogP contribution in [0.25, 0.3) is 0 Å². The average molecular weight is 325 g/mol. The second kappa shape index (κ2) is 7.25. The molecule has 128 valence electrons.